The number of hydrogen-bond donors (Lipinski definition) is 1. The second-order valence-corrected chi connectivity index (χ2v) is 5.19. The molecule has 1 heterocycles. The van der Waals surface area contributed by atoms with Crippen LogP contribution in [0.25, 0.3) is 0 Å². The summed E-state index contributed by atoms with van der Waals surface area (Å²) in [6.45, 7) is 1.48. The second-order valence-electron chi connectivity index (χ2n) is 4.76. The number of amides is 1. The van der Waals surface area contributed by atoms with Crippen molar-refractivity contribution in [2.24, 2.45) is 0 Å². The zero-order chi connectivity index (χ0) is 13.0. The Labute approximate surface area is 113 Å². The summed E-state index contributed by atoms with van der Waals surface area (Å²) in [5.74, 6) is 0.243. The third kappa shape index (κ3) is 3.47. The third-order valence-electron chi connectivity index (χ3n) is 3.48. The Hall–Kier alpha value is -1.06. The number of rotatable bonds is 3. The molecule has 4 heteroatoms. The van der Waals surface area contributed by atoms with E-state index < -0.39 is 0 Å². The van der Waals surface area contributed by atoms with E-state index >= 15 is 0 Å². The molecule has 3 nitrogen and oxygen atoms in total. The first-order valence-corrected chi connectivity index (χ1v) is 6.76. The van der Waals surface area contributed by atoms with E-state index in [1.54, 1.807) is 0 Å². The molecule has 18 heavy (non-hydrogen) atoms. The molecular weight excluding hydrogens is 248 g/mol. The Morgan fingerprint density at radius 3 is 3.00 bits per heavy atom. The standard InChI is InChI=1S/C14H19ClN2O/c1-16-13-5-6-14(18)17(8-7-13)10-11-3-2-4-12(15)9-11/h2-4,9,13,16H,5-8,10H2,1H3. The lowest BCUT2D eigenvalue weighted by atomic mass is 10.1. The summed E-state index contributed by atoms with van der Waals surface area (Å²) >= 11 is 5.96. The minimum atomic E-state index is 0.243. The van der Waals surface area contributed by atoms with Gasteiger partial charge in [0.25, 0.3) is 0 Å². The van der Waals surface area contributed by atoms with Gasteiger partial charge in [0, 0.05) is 30.6 Å². The molecule has 1 aromatic rings. The van der Waals surface area contributed by atoms with Gasteiger partial charge in [0.05, 0.1) is 0 Å². The number of hydrogen-bond acceptors (Lipinski definition) is 2. The molecule has 0 saturated carbocycles. The van der Waals surface area contributed by atoms with Crippen LogP contribution in [-0.2, 0) is 11.3 Å². The van der Waals surface area contributed by atoms with Crippen molar-refractivity contribution >= 4 is 17.5 Å². The number of benzene rings is 1. The van der Waals surface area contributed by atoms with Crippen LogP contribution in [0.15, 0.2) is 24.3 Å². The first-order chi connectivity index (χ1) is 8.69. The predicted molar refractivity (Wildman–Crippen MR) is 73.6 cm³/mol. The molecule has 1 amide bonds. The van der Waals surface area contributed by atoms with Gasteiger partial charge in [-0.05, 0) is 37.6 Å². The molecule has 1 aliphatic heterocycles. The van der Waals surface area contributed by atoms with Crippen LogP contribution in [0.3, 0.4) is 0 Å². The molecule has 1 aliphatic rings. The van der Waals surface area contributed by atoms with Crippen molar-refractivity contribution in [2.45, 2.75) is 31.8 Å². The largest absolute Gasteiger partial charge is 0.338 e. The van der Waals surface area contributed by atoms with Crippen molar-refractivity contribution in [3.63, 3.8) is 0 Å². The second kappa shape index (κ2) is 6.21. The molecular formula is C14H19ClN2O. The Balaban J connectivity index is 2.01. The van der Waals surface area contributed by atoms with Crippen LogP contribution >= 0.6 is 11.6 Å². The summed E-state index contributed by atoms with van der Waals surface area (Å²) in [7, 11) is 1.96. The van der Waals surface area contributed by atoms with Crippen molar-refractivity contribution in [1.29, 1.82) is 0 Å². The van der Waals surface area contributed by atoms with Gasteiger partial charge in [-0.1, -0.05) is 23.7 Å². The summed E-state index contributed by atoms with van der Waals surface area (Å²) in [6.07, 6.45) is 2.58. The van der Waals surface area contributed by atoms with Crippen molar-refractivity contribution in [3.8, 4) is 0 Å². The smallest absolute Gasteiger partial charge is 0.222 e. The molecule has 0 aromatic heterocycles. The van der Waals surface area contributed by atoms with Gasteiger partial charge >= 0.3 is 0 Å². The van der Waals surface area contributed by atoms with Gasteiger partial charge in [0.1, 0.15) is 0 Å². The van der Waals surface area contributed by atoms with Gasteiger partial charge in [0.15, 0.2) is 0 Å². The van der Waals surface area contributed by atoms with E-state index in [4.69, 9.17) is 11.6 Å². The van der Waals surface area contributed by atoms with Crippen LogP contribution in [0.4, 0.5) is 0 Å². The lowest BCUT2D eigenvalue weighted by Gasteiger charge is -2.21. The average molecular weight is 267 g/mol. The topological polar surface area (TPSA) is 32.3 Å². The van der Waals surface area contributed by atoms with Gasteiger partial charge in [0.2, 0.25) is 5.91 Å². The molecule has 0 bridgehead atoms. The molecule has 1 atom stereocenters. The number of halogens is 1. The molecule has 2 rings (SSSR count). The van der Waals surface area contributed by atoms with Crippen molar-refractivity contribution in [1.82, 2.24) is 10.2 Å². The monoisotopic (exact) mass is 266 g/mol. The van der Waals surface area contributed by atoms with E-state index in [-0.39, 0.29) is 5.91 Å². The minimum Gasteiger partial charge on any atom is -0.338 e. The Kier molecular flexibility index (Phi) is 4.61. The highest BCUT2D eigenvalue weighted by Gasteiger charge is 2.21. The van der Waals surface area contributed by atoms with Crippen LogP contribution < -0.4 is 5.32 Å². The summed E-state index contributed by atoms with van der Waals surface area (Å²) in [5, 5.41) is 3.98. The van der Waals surface area contributed by atoms with Crippen molar-refractivity contribution in [3.05, 3.63) is 34.9 Å². The van der Waals surface area contributed by atoms with Gasteiger partial charge in [-0.2, -0.15) is 0 Å². The third-order valence-corrected chi connectivity index (χ3v) is 3.71. The van der Waals surface area contributed by atoms with Gasteiger partial charge in [-0.25, -0.2) is 0 Å². The maximum absolute atomic E-state index is 12.0. The quantitative estimate of drug-likeness (QED) is 0.911. The Morgan fingerprint density at radius 1 is 1.44 bits per heavy atom. The number of nitrogens with zero attached hydrogens (tertiary/aromatic N) is 1. The van der Waals surface area contributed by atoms with Gasteiger partial charge in [-0.15, -0.1) is 0 Å². The fourth-order valence-corrected chi connectivity index (χ4v) is 2.56. The van der Waals surface area contributed by atoms with Crippen molar-refractivity contribution < 1.29 is 4.79 Å². The van der Waals surface area contributed by atoms with Gasteiger partial charge in [-0.3, -0.25) is 4.79 Å². The number of nitrogens with one attached hydrogen (secondary N) is 1. The normalized spacial score (nSPS) is 20.9. The molecule has 1 aromatic carbocycles. The van der Waals surface area contributed by atoms with Crippen LogP contribution in [-0.4, -0.2) is 30.4 Å². The number of carbonyl (C=O) groups excluding carboxylic acids is 1. The highest BCUT2D eigenvalue weighted by molar-refractivity contribution is 6.30. The molecule has 1 saturated heterocycles. The molecule has 0 spiro atoms. The van der Waals surface area contributed by atoms with Crippen LogP contribution in [0.2, 0.25) is 5.02 Å². The van der Waals surface area contributed by atoms with Crippen molar-refractivity contribution in [2.75, 3.05) is 13.6 Å². The maximum Gasteiger partial charge on any atom is 0.222 e. The summed E-state index contributed by atoms with van der Waals surface area (Å²) in [5.41, 5.74) is 1.10. The highest BCUT2D eigenvalue weighted by Crippen LogP contribution is 2.17. The lowest BCUT2D eigenvalue weighted by Crippen LogP contribution is -2.30. The molecule has 1 fully saturated rings. The fourth-order valence-electron chi connectivity index (χ4n) is 2.35. The predicted octanol–water partition coefficient (Wildman–Crippen LogP) is 2.44. The maximum atomic E-state index is 12.0. The molecule has 1 unspecified atom stereocenters. The van der Waals surface area contributed by atoms with E-state index in [2.05, 4.69) is 5.32 Å². The Morgan fingerprint density at radius 2 is 2.28 bits per heavy atom. The zero-order valence-electron chi connectivity index (χ0n) is 10.7. The van der Waals surface area contributed by atoms with Crippen LogP contribution in [0.1, 0.15) is 24.8 Å². The van der Waals surface area contributed by atoms with Gasteiger partial charge < -0.3 is 10.2 Å². The molecule has 0 radical (unpaired) electrons. The summed E-state index contributed by atoms with van der Waals surface area (Å²) in [6, 6.07) is 8.18. The molecule has 1 N–H and O–H groups in total. The van der Waals surface area contributed by atoms with E-state index in [1.165, 1.54) is 0 Å². The Bertz CT molecular complexity index is 422. The summed E-state index contributed by atoms with van der Waals surface area (Å²) in [4.78, 5) is 14.0. The fraction of sp³-hybridized carbons (Fsp3) is 0.500. The molecule has 0 aliphatic carbocycles. The SMILES string of the molecule is CNC1CCC(=O)N(Cc2cccc(Cl)c2)CC1. The minimum absolute atomic E-state index is 0.243. The van der Waals surface area contributed by atoms with Crippen LogP contribution in [0, 0.1) is 0 Å². The highest BCUT2D eigenvalue weighted by atomic mass is 35.5. The number of likely N-dealkylation sites (tertiary alicyclic amines) is 1. The first kappa shape index (κ1) is 13.4. The van der Waals surface area contributed by atoms with E-state index in [0.717, 1.165) is 30.0 Å². The first-order valence-electron chi connectivity index (χ1n) is 6.38. The van der Waals surface area contributed by atoms with E-state index in [0.29, 0.717) is 19.0 Å². The average Bonchev–Trinajstić information content (AvgIpc) is 2.53. The molecule has 98 valence electrons. The van der Waals surface area contributed by atoms with Crippen LogP contribution in [0.5, 0.6) is 0 Å². The van der Waals surface area contributed by atoms with E-state index in [9.17, 15) is 4.79 Å². The lowest BCUT2D eigenvalue weighted by molar-refractivity contribution is -0.131. The number of carbonyl (C=O) groups is 1. The zero-order valence-corrected chi connectivity index (χ0v) is 11.4. The summed E-state index contributed by atoms with van der Waals surface area (Å²) < 4.78 is 0. The van der Waals surface area contributed by atoms with E-state index in [1.807, 2.05) is 36.2 Å².